The summed E-state index contributed by atoms with van der Waals surface area (Å²) in [4.78, 5) is 0. The van der Waals surface area contributed by atoms with Gasteiger partial charge in [-0.05, 0) is 77.7 Å². The molecule has 5 aromatic rings. The topological polar surface area (TPSA) is 50.9 Å². The van der Waals surface area contributed by atoms with E-state index in [0.717, 1.165) is 18.4 Å². The second-order valence-electron chi connectivity index (χ2n) is 8.36. The van der Waals surface area contributed by atoms with Gasteiger partial charge in [0.1, 0.15) is 22.8 Å². The lowest BCUT2D eigenvalue weighted by atomic mass is 9.79. The molecule has 158 valence electrons. The lowest BCUT2D eigenvalue weighted by molar-refractivity contribution is 0.0580. The van der Waals surface area contributed by atoms with Gasteiger partial charge >= 0.3 is 0 Å². The number of aliphatic hydroxyl groups is 1. The molecule has 1 saturated carbocycles. The van der Waals surface area contributed by atoms with E-state index < -0.39 is 5.60 Å². The Kier molecular flexibility index (Phi) is 4.13. The van der Waals surface area contributed by atoms with Crippen molar-refractivity contribution in [2.24, 2.45) is 5.92 Å². The highest BCUT2D eigenvalue weighted by atomic mass is 19.1. The fourth-order valence-corrected chi connectivity index (χ4v) is 4.64. The molecule has 0 bridgehead atoms. The highest BCUT2D eigenvalue weighted by Gasteiger charge is 2.47. The van der Waals surface area contributed by atoms with Gasteiger partial charge in [-0.15, -0.1) is 5.10 Å². The molecule has 6 rings (SSSR count). The van der Waals surface area contributed by atoms with Crippen molar-refractivity contribution in [3.05, 3.63) is 102 Å². The van der Waals surface area contributed by atoms with Gasteiger partial charge in [0, 0.05) is 5.39 Å². The van der Waals surface area contributed by atoms with Crippen molar-refractivity contribution in [2.75, 3.05) is 0 Å². The minimum atomic E-state index is -1.26. The van der Waals surface area contributed by atoms with Crippen LogP contribution in [0.2, 0.25) is 0 Å². The van der Waals surface area contributed by atoms with E-state index in [1.165, 1.54) is 18.2 Å². The van der Waals surface area contributed by atoms with Crippen LogP contribution < -0.4 is 0 Å². The lowest BCUT2D eigenvalue weighted by Crippen LogP contribution is -2.30. The third-order valence-corrected chi connectivity index (χ3v) is 6.41. The van der Waals surface area contributed by atoms with E-state index in [2.05, 4.69) is 10.3 Å². The normalized spacial score (nSPS) is 15.8. The first-order valence-electron chi connectivity index (χ1n) is 10.6. The molecule has 1 aliphatic carbocycles. The number of aromatic nitrogens is 3. The zero-order valence-electron chi connectivity index (χ0n) is 17.0. The molecule has 0 amide bonds. The van der Waals surface area contributed by atoms with Crippen molar-refractivity contribution in [1.29, 1.82) is 0 Å². The SMILES string of the molecule is OC(c1ccc2c(c1)nnn2-c1ccc(F)cc1)(c1ccc(F)c2ccccc12)C1CC1. The van der Waals surface area contributed by atoms with Gasteiger partial charge in [0.25, 0.3) is 0 Å². The first-order chi connectivity index (χ1) is 15.6. The Morgan fingerprint density at radius 3 is 2.38 bits per heavy atom. The van der Waals surface area contributed by atoms with Crippen LogP contribution in [0.15, 0.2) is 78.9 Å². The summed E-state index contributed by atoms with van der Waals surface area (Å²) in [6.07, 6.45) is 1.78. The molecule has 1 unspecified atom stereocenters. The van der Waals surface area contributed by atoms with Crippen LogP contribution in [-0.4, -0.2) is 20.1 Å². The molecule has 0 saturated heterocycles. The molecule has 1 atom stereocenters. The summed E-state index contributed by atoms with van der Waals surface area (Å²) in [7, 11) is 0. The van der Waals surface area contributed by atoms with Gasteiger partial charge in [-0.3, -0.25) is 0 Å². The molecule has 1 fully saturated rings. The molecule has 32 heavy (non-hydrogen) atoms. The third kappa shape index (κ3) is 2.83. The molecular formula is C26H19F2N3O. The van der Waals surface area contributed by atoms with E-state index in [-0.39, 0.29) is 17.6 Å². The molecule has 6 heteroatoms. The molecule has 4 aromatic carbocycles. The van der Waals surface area contributed by atoms with E-state index in [4.69, 9.17) is 0 Å². The Balaban J connectivity index is 1.52. The molecule has 1 aromatic heterocycles. The molecule has 4 nitrogen and oxygen atoms in total. The summed E-state index contributed by atoms with van der Waals surface area (Å²) in [5.74, 6) is -0.581. The van der Waals surface area contributed by atoms with Crippen molar-refractivity contribution in [1.82, 2.24) is 15.0 Å². The number of nitrogens with zero attached hydrogens (tertiary/aromatic N) is 3. The van der Waals surface area contributed by atoms with Crippen LogP contribution in [0.3, 0.4) is 0 Å². The van der Waals surface area contributed by atoms with Crippen molar-refractivity contribution in [3.63, 3.8) is 0 Å². The van der Waals surface area contributed by atoms with Gasteiger partial charge < -0.3 is 5.11 Å². The van der Waals surface area contributed by atoms with Crippen LogP contribution in [0.25, 0.3) is 27.5 Å². The Bertz CT molecular complexity index is 1470. The molecule has 1 N–H and O–H groups in total. The Hall–Kier alpha value is -3.64. The van der Waals surface area contributed by atoms with E-state index in [1.54, 1.807) is 35.0 Å². The maximum Gasteiger partial charge on any atom is 0.131 e. The number of fused-ring (bicyclic) bond motifs is 2. The monoisotopic (exact) mass is 427 g/mol. The standard InChI is InChI=1S/C26H19F2N3O/c27-18-8-10-19(11-9-18)31-25-14-7-17(15-24(25)29-30-31)26(32,16-5-6-16)22-12-13-23(28)21-4-2-1-3-20(21)22/h1-4,7-16,32H,5-6H2. The van der Waals surface area contributed by atoms with Gasteiger partial charge in [-0.2, -0.15) is 0 Å². The summed E-state index contributed by atoms with van der Waals surface area (Å²) in [5.41, 5.74) is 2.21. The molecule has 1 heterocycles. The van der Waals surface area contributed by atoms with Crippen LogP contribution in [0.4, 0.5) is 8.78 Å². The number of halogens is 2. The highest BCUT2D eigenvalue weighted by molar-refractivity contribution is 5.88. The smallest absolute Gasteiger partial charge is 0.131 e. The largest absolute Gasteiger partial charge is 0.380 e. The fraction of sp³-hybridized carbons (Fsp3) is 0.154. The zero-order valence-corrected chi connectivity index (χ0v) is 17.0. The molecule has 0 radical (unpaired) electrons. The molecule has 0 spiro atoms. The predicted molar refractivity (Wildman–Crippen MR) is 118 cm³/mol. The summed E-state index contributed by atoms with van der Waals surface area (Å²) in [6.45, 7) is 0. The summed E-state index contributed by atoms with van der Waals surface area (Å²) in [5, 5.41) is 21.8. The van der Waals surface area contributed by atoms with E-state index >= 15 is 0 Å². The Morgan fingerprint density at radius 2 is 1.62 bits per heavy atom. The van der Waals surface area contributed by atoms with Crippen LogP contribution in [0.1, 0.15) is 24.0 Å². The maximum absolute atomic E-state index is 14.4. The van der Waals surface area contributed by atoms with Crippen LogP contribution >= 0.6 is 0 Å². The van der Waals surface area contributed by atoms with Gasteiger partial charge in [0.2, 0.25) is 0 Å². The fourth-order valence-electron chi connectivity index (χ4n) is 4.64. The Labute approximate surface area is 182 Å². The average Bonchev–Trinajstić information content (AvgIpc) is 3.59. The summed E-state index contributed by atoms with van der Waals surface area (Å²) < 4.78 is 29.4. The van der Waals surface area contributed by atoms with Crippen LogP contribution in [-0.2, 0) is 5.60 Å². The quantitative estimate of drug-likeness (QED) is 0.412. The first kappa shape index (κ1) is 19.1. The van der Waals surface area contributed by atoms with Gasteiger partial charge in [-0.25, -0.2) is 13.5 Å². The lowest BCUT2D eigenvalue weighted by Gasteiger charge is -2.31. The number of hydrogen-bond acceptors (Lipinski definition) is 3. The van der Waals surface area contributed by atoms with E-state index in [1.807, 2.05) is 30.3 Å². The van der Waals surface area contributed by atoms with E-state index in [0.29, 0.717) is 33.1 Å². The van der Waals surface area contributed by atoms with Crippen molar-refractivity contribution in [2.45, 2.75) is 18.4 Å². The third-order valence-electron chi connectivity index (χ3n) is 6.41. The maximum atomic E-state index is 14.4. The Morgan fingerprint density at radius 1 is 0.875 bits per heavy atom. The van der Waals surface area contributed by atoms with Gasteiger partial charge in [0.15, 0.2) is 0 Å². The van der Waals surface area contributed by atoms with Crippen LogP contribution in [0.5, 0.6) is 0 Å². The first-order valence-corrected chi connectivity index (χ1v) is 10.6. The highest BCUT2D eigenvalue weighted by Crippen LogP contribution is 2.51. The van der Waals surface area contributed by atoms with Crippen molar-refractivity contribution < 1.29 is 13.9 Å². The van der Waals surface area contributed by atoms with Gasteiger partial charge in [0.05, 0.1) is 11.2 Å². The molecule has 0 aliphatic heterocycles. The minimum absolute atomic E-state index is 0.0426. The molecule has 1 aliphatic rings. The second-order valence-corrected chi connectivity index (χ2v) is 8.36. The van der Waals surface area contributed by atoms with Gasteiger partial charge in [-0.1, -0.05) is 41.6 Å². The summed E-state index contributed by atoms with van der Waals surface area (Å²) in [6, 6.07) is 22.0. The van der Waals surface area contributed by atoms with Crippen molar-refractivity contribution in [3.8, 4) is 5.69 Å². The molecular weight excluding hydrogens is 408 g/mol. The summed E-state index contributed by atoms with van der Waals surface area (Å²) >= 11 is 0. The average molecular weight is 427 g/mol. The van der Waals surface area contributed by atoms with E-state index in [9.17, 15) is 13.9 Å². The predicted octanol–water partition coefficient (Wildman–Crippen LogP) is 5.50. The number of hydrogen-bond donors (Lipinski definition) is 1. The second kappa shape index (κ2) is 6.93. The zero-order chi connectivity index (χ0) is 21.9. The van der Waals surface area contributed by atoms with Crippen LogP contribution in [0, 0.1) is 17.6 Å². The number of rotatable bonds is 4. The number of benzene rings is 4. The minimum Gasteiger partial charge on any atom is -0.380 e. The van der Waals surface area contributed by atoms with Crippen molar-refractivity contribution >= 4 is 21.8 Å².